The molecule has 0 spiro atoms. The Balaban J connectivity index is 2.23. The van der Waals surface area contributed by atoms with Gasteiger partial charge in [-0.2, -0.15) is 0 Å². The zero-order valence-corrected chi connectivity index (χ0v) is 6.27. The molecule has 1 aliphatic rings. The van der Waals surface area contributed by atoms with Gasteiger partial charge in [-0.15, -0.1) is 11.6 Å². The zero-order chi connectivity index (χ0) is 6.69. The van der Waals surface area contributed by atoms with Crippen molar-refractivity contribution >= 4 is 11.6 Å². The SMILES string of the molecule is O[C@@H]1CCC[C@H](CCl)C1. The van der Waals surface area contributed by atoms with Crippen molar-refractivity contribution < 1.29 is 5.11 Å². The third-order valence-corrected chi connectivity index (χ3v) is 2.41. The fourth-order valence-electron chi connectivity index (χ4n) is 1.40. The van der Waals surface area contributed by atoms with E-state index in [2.05, 4.69) is 0 Å². The van der Waals surface area contributed by atoms with Gasteiger partial charge in [0.25, 0.3) is 0 Å². The van der Waals surface area contributed by atoms with E-state index in [4.69, 9.17) is 16.7 Å². The molecule has 0 aliphatic heterocycles. The molecule has 0 bridgehead atoms. The van der Waals surface area contributed by atoms with Gasteiger partial charge in [-0.05, 0) is 25.2 Å². The molecule has 2 heteroatoms. The molecule has 1 nitrogen and oxygen atoms in total. The molecule has 0 radical (unpaired) electrons. The van der Waals surface area contributed by atoms with E-state index in [1.807, 2.05) is 0 Å². The summed E-state index contributed by atoms with van der Waals surface area (Å²) in [5, 5.41) is 9.15. The van der Waals surface area contributed by atoms with Gasteiger partial charge in [0.15, 0.2) is 0 Å². The minimum absolute atomic E-state index is 0.0671. The molecule has 0 unspecified atom stereocenters. The van der Waals surface area contributed by atoms with Gasteiger partial charge in [0.2, 0.25) is 0 Å². The molecule has 0 aromatic rings. The molecule has 0 amide bonds. The largest absolute Gasteiger partial charge is 0.393 e. The second kappa shape index (κ2) is 3.43. The highest BCUT2D eigenvalue weighted by Gasteiger charge is 2.18. The summed E-state index contributed by atoms with van der Waals surface area (Å²) in [6, 6.07) is 0. The van der Waals surface area contributed by atoms with Crippen molar-refractivity contribution in [2.75, 3.05) is 5.88 Å². The Hall–Kier alpha value is 0.250. The predicted molar refractivity (Wildman–Crippen MR) is 38.7 cm³/mol. The first-order valence-electron chi connectivity index (χ1n) is 3.57. The molecule has 54 valence electrons. The minimum Gasteiger partial charge on any atom is -0.393 e. The number of aliphatic hydroxyl groups is 1. The molecule has 1 fully saturated rings. The van der Waals surface area contributed by atoms with Gasteiger partial charge in [-0.3, -0.25) is 0 Å². The van der Waals surface area contributed by atoms with Crippen molar-refractivity contribution in [2.24, 2.45) is 5.92 Å². The van der Waals surface area contributed by atoms with Crippen LogP contribution in [0.15, 0.2) is 0 Å². The van der Waals surface area contributed by atoms with Gasteiger partial charge in [-0.1, -0.05) is 6.42 Å². The maximum Gasteiger partial charge on any atom is 0.0543 e. The van der Waals surface area contributed by atoms with E-state index in [-0.39, 0.29) is 6.10 Å². The van der Waals surface area contributed by atoms with Crippen LogP contribution in [0.5, 0.6) is 0 Å². The summed E-state index contributed by atoms with van der Waals surface area (Å²) in [4.78, 5) is 0. The molecular weight excluding hydrogens is 136 g/mol. The average molecular weight is 149 g/mol. The lowest BCUT2D eigenvalue weighted by Gasteiger charge is -2.23. The molecule has 2 atom stereocenters. The molecule has 0 aromatic heterocycles. The third kappa shape index (κ3) is 2.15. The summed E-state index contributed by atoms with van der Waals surface area (Å²) >= 11 is 5.63. The average Bonchev–Trinajstić information content (AvgIpc) is 1.88. The first-order chi connectivity index (χ1) is 4.33. The molecule has 9 heavy (non-hydrogen) atoms. The van der Waals surface area contributed by atoms with Crippen LogP contribution in [0, 0.1) is 5.92 Å². The van der Waals surface area contributed by atoms with Gasteiger partial charge >= 0.3 is 0 Å². The van der Waals surface area contributed by atoms with Crippen LogP contribution in [0.1, 0.15) is 25.7 Å². The van der Waals surface area contributed by atoms with Gasteiger partial charge in [0.1, 0.15) is 0 Å². The highest BCUT2D eigenvalue weighted by molar-refractivity contribution is 6.18. The van der Waals surface area contributed by atoms with Crippen LogP contribution < -0.4 is 0 Å². The van der Waals surface area contributed by atoms with Gasteiger partial charge in [-0.25, -0.2) is 0 Å². The Kier molecular flexibility index (Phi) is 2.80. The van der Waals surface area contributed by atoms with E-state index >= 15 is 0 Å². The quantitative estimate of drug-likeness (QED) is 0.562. The maximum absolute atomic E-state index is 9.15. The fourth-order valence-corrected chi connectivity index (χ4v) is 1.68. The van der Waals surface area contributed by atoms with Crippen molar-refractivity contribution in [1.82, 2.24) is 0 Å². The highest BCUT2D eigenvalue weighted by Crippen LogP contribution is 2.24. The first kappa shape index (κ1) is 7.36. The van der Waals surface area contributed by atoms with Crippen LogP contribution in [0.4, 0.5) is 0 Å². The number of hydrogen-bond acceptors (Lipinski definition) is 1. The normalized spacial score (nSPS) is 36.7. The lowest BCUT2D eigenvalue weighted by Crippen LogP contribution is -2.20. The predicted octanol–water partition coefficient (Wildman–Crippen LogP) is 1.78. The lowest BCUT2D eigenvalue weighted by atomic mass is 9.89. The van der Waals surface area contributed by atoms with Gasteiger partial charge < -0.3 is 5.11 Å². The van der Waals surface area contributed by atoms with Crippen molar-refractivity contribution in [3.8, 4) is 0 Å². The summed E-state index contributed by atoms with van der Waals surface area (Å²) in [6.45, 7) is 0. The standard InChI is InChI=1S/C7H13ClO/c8-5-6-2-1-3-7(9)4-6/h6-7,9H,1-5H2/t6-,7+/m0/s1. The number of halogens is 1. The van der Waals surface area contributed by atoms with E-state index in [0.717, 1.165) is 25.1 Å². The Morgan fingerprint density at radius 1 is 1.44 bits per heavy atom. The third-order valence-electron chi connectivity index (χ3n) is 1.97. The summed E-state index contributed by atoms with van der Waals surface area (Å²) in [5.41, 5.74) is 0. The van der Waals surface area contributed by atoms with Crippen LogP contribution in [0.3, 0.4) is 0 Å². The van der Waals surface area contributed by atoms with E-state index in [1.165, 1.54) is 6.42 Å². The highest BCUT2D eigenvalue weighted by atomic mass is 35.5. The van der Waals surface area contributed by atoms with E-state index in [1.54, 1.807) is 0 Å². The van der Waals surface area contributed by atoms with E-state index < -0.39 is 0 Å². The van der Waals surface area contributed by atoms with Crippen molar-refractivity contribution in [1.29, 1.82) is 0 Å². The monoisotopic (exact) mass is 148 g/mol. The molecule has 0 heterocycles. The Bertz CT molecular complexity index is 85.0. The molecule has 1 saturated carbocycles. The molecule has 0 aromatic carbocycles. The molecular formula is C7H13ClO. The van der Waals surface area contributed by atoms with E-state index in [9.17, 15) is 0 Å². The summed E-state index contributed by atoms with van der Waals surface area (Å²) in [7, 11) is 0. The topological polar surface area (TPSA) is 20.2 Å². The Morgan fingerprint density at radius 2 is 2.22 bits per heavy atom. The smallest absolute Gasteiger partial charge is 0.0543 e. The number of rotatable bonds is 1. The first-order valence-corrected chi connectivity index (χ1v) is 4.10. The second-order valence-corrected chi connectivity index (χ2v) is 3.15. The number of alkyl halides is 1. The molecule has 0 saturated heterocycles. The maximum atomic E-state index is 9.15. The number of hydrogen-bond donors (Lipinski definition) is 1. The van der Waals surface area contributed by atoms with Gasteiger partial charge in [0.05, 0.1) is 6.10 Å². The Morgan fingerprint density at radius 3 is 2.67 bits per heavy atom. The van der Waals surface area contributed by atoms with Crippen LogP contribution >= 0.6 is 11.6 Å². The summed E-state index contributed by atoms with van der Waals surface area (Å²) < 4.78 is 0. The van der Waals surface area contributed by atoms with Crippen molar-refractivity contribution in [3.05, 3.63) is 0 Å². The molecule has 1 N–H and O–H groups in total. The minimum atomic E-state index is -0.0671. The molecule has 1 aliphatic carbocycles. The second-order valence-electron chi connectivity index (χ2n) is 2.84. The fraction of sp³-hybridized carbons (Fsp3) is 1.00. The summed E-state index contributed by atoms with van der Waals surface area (Å²) in [5.74, 6) is 1.30. The Labute approximate surface area is 61.0 Å². The van der Waals surface area contributed by atoms with Crippen molar-refractivity contribution in [2.45, 2.75) is 31.8 Å². The van der Waals surface area contributed by atoms with Crippen LogP contribution in [0.25, 0.3) is 0 Å². The van der Waals surface area contributed by atoms with E-state index in [0.29, 0.717) is 5.92 Å². The van der Waals surface area contributed by atoms with Crippen LogP contribution in [0.2, 0.25) is 0 Å². The van der Waals surface area contributed by atoms with Gasteiger partial charge in [0, 0.05) is 5.88 Å². The zero-order valence-electron chi connectivity index (χ0n) is 5.52. The molecule has 1 rings (SSSR count). The number of aliphatic hydroxyl groups excluding tert-OH is 1. The van der Waals surface area contributed by atoms with Crippen LogP contribution in [-0.4, -0.2) is 17.1 Å². The van der Waals surface area contributed by atoms with Crippen molar-refractivity contribution in [3.63, 3.8) is 0 Å². The lowest BCUT2D eigenvalue weighted by molar-refractivity contribution is 0.107. The van der Waals surface area contributed by atoms with Crippen LogP contribution in [-0.2, 0) is 0 Å². The summed E-state index contributed by atoms with van der Waals surface area (Å²) in [6.07, 6.45) is 4.19.